The summed E-state index contributed by atoms with van der Waals surface area (Å²) in [6.07, 6.45) is 5.79. The zero-order chi connectivity index (χ0) is 17.8. The lowest BCUT2D eigenvalue weighted by atomic mass is 9.99. The highest BCUT2D eigenvalue weighted by molar-refractivity contribution is 5.81. The second-order valence-corrected chi connectivity index (χ2v) is 7.33. The van der Waals surface area contributed by atoms with E-state index in [0.717, 1.165) is 57.0 Å². The summed E-state index contributed by atoms with van der Waals surface area (Å²) >= 11 is 0. The summed E-state index contributed by atoms with van der Waals surface area (Å²) < 4.78 is 7.58. The van der Waals surface area contributed by atoms with E-state index in [0.29, 0.717) is 12.6 Å². The van der Waals surface area contributed by atoms with Gasteiger partial charge in [0.2, 0.25) is 5.91 Å². The van der Waals surface area contributed by atoms with Crippen LogP contribution in [0.2, 0.25) is 0 Å². The standard InChI is InChI=1S/C18H31N5O2/c1-13(18(24)19-11-17-8-6-10-25-17)22-9-5-4-7-16(22)12-23-15(3)20-14(2)21-23/h13,16-17H,4-12H2,1-3H3,(H,19,24)/t13-,16+,17-/m1/s1. The predicted molar refractivity (Wildman–Crippen MR) is 95.3 cm³/mol. The molecule has 3 atom stereocenters. The molecular formula is C18H31N5O2. The molecule has 1 aromatic rings. The molecule has 2 aliphatic rings. The van der Waals surface area contributed by atoms with Gasteiger partial charge in [0, 0.05) is 19.2 Å². The van der Waals surface area contributed by atoms with Crippen LogP contribution >= 0.6 is 0 Å². The van der Waals surface area contributed by atoms with Gasteiger partial charge in [-0.1, -0.05) is 6.42 Å². The number of aromatic nitrogens is 3. The summed E-state index contributed by atoms with van der Waals surface area (Å²) in [6.45, 7) is 9.14. The number of likely N-dealkylation sites (tertiary alicyclic amines) is 1. The fourth-order valence-electron chi connectivity index (χ4n) is 3.98. The summed E-state index contributed by atoms with van der Waals surface area (Å²) in [7, 11) is 0. The van der Waals surface area contributed by atoms with Crippen molar-refractivity contribution < 1.29 is 9.53 Å². The van der Waals surface area contributed by atoms with Gasteiger partial charge in [0.1, 0.15) is 11.6 Å². The number of hydrogen-bond donors (Lipinski definition) is 1. The van der Waals surface area contributed by atoms with E-state index in [4.69, 9.17) is 4.74 Å². The number of nitrogens with one attached hydrogen (secondary N) is 1. The second-order valence-electron chi connectivity index (χ2n) is 7.33. The van der Waals surface area contributed by atoms with E-state index in [-0.39, 0.29) is 18.1 Å². The molecule has 140 valence electrons. The maximum atomic E-state index is 12.6. The molecule has 1 amide bonds. The quantitative estimate of drug-likeness (QED) is 0.841. The van der Waals surface area contributed by atoms with E-state index in [1.807, 2.05) is 25.5 Å². The van der Waals surface area contributed by atoms with E-state index in [2.05, 4.69) is 20.3 Å². The number of aryl methyl sites for hydroxylation is 2. The minimum Gasteiger partial charge on any atom is -0.376 e. The smallest absolute Gasteiger partial charge is 0.237 e. The number of rotatable bonds is 6. The van der Waals surface area contributed by atoms with Gasteiger partial charge in [0.25, 0.3) is 0 Å². The minimum atomic E-state index is -0.128. The van der Waals surface area contributed by atoms with Crippen molar-refractivity contribution in [3.63, 3.8) is 0 Å². The van der Waals surface area contributed by atoms with Gasteiger partial charge >= 0.3 is 0 Å². The highest BCUT2D eigenvalue weighted by Gasteiger charge is 2.31. The van der Waals surface area contributed by atoms with Crippen LogP contribution in [0.15, 0.2) is 0 Å². The molecule has 3 rings (SSSR count). The van der Waals surface area contributed by atoms with Crippen molar-refractivity contribution in [2.75, 3.05) is 19.7 Å². The van der Waals surface area contributed by atoms with Crippen molar-refractivity contribution >= 4 is 5.91 Å². The molecule has 2 aliphatic heterocycles. The van der Waals surface area contributed by atoms with Crippen LogP contribution in [0.5, 0.6) is 0 Å². The van der Waals surface area contributed by atoms with Gasteiger partial charge < -0.3 is 10.1 Å². The van der Waals surface area contributed by atoms with Gasteiger partial charge in [0.15, 0.2) is 0 Å². The van der Waals surface area contributed by atoms with E-state index in [1.54, 1.807) is 0 Å². The molecular weight excluding hydrogens is 318 g/mol. The molecule has 0 saturated carbocycles. The Morgan fingerprint density at radius 3 is 2.84 bits per heavy atom. The van der Waals surface area contributed by atoms with Crippen molar-refractivity contribution in [1.29, 1.82) is 0 Å². The number of piperidine rings is 1. The molecule has 0 bridgehead atoms. The van der Waals surface area contributed by atoms with Crippen LogP contribution in [-0.4, -0.2) is 63.5 Å². The molecule has 7 heteroatoms. The number of carbonyl (C=O) groups is 1. The van der Waals surface area contributed by atoms with E-state index in [9.17, 15) is 4.79 Å². The first-order valence-electron chi connectivity index (χ1n) is 9.57. The molecule has 0 unspecified atom stereocenters. The molecule has 0 spiro atoms. The van der Waals surface area contributed by atoms with Gasteiger partial charge in [-0.2, -0.15) is 5.10 Å². The maximum Gasteiger partial charge on any atom is 0.237 e. The summed E-state index contributed by atoms with van der Waals surface area (Å²) in [5, 5.41) is 7.57. The fraction of sp³-hybridized carbons (Fsp3) is 0.833. The Bertz CT molecular complexity index is 582. The lowest BCUT2D eigenvalue weighted by Crippen LogP contribution is -2.53. The molecule has 2 fully saturated rings. The largest absolute Gasteiger partial charge is 0.376 e. The lowest BCUT2D eigenvalue weighted by molar-refractivity contribution is -0.128. The van der Waals surface area contributed by atoms with Crippen molar-refractivity contribution in [2.24, 2.45) is 0 Å². The molecule has 0 aromatic carbocycles. The van der Waals surface area contributed by atoms with Crippen molar-refractivity contribution in [3.05, 3.63) is 11.6 Å². The number of amides is 1. The van der Waals surface area contributed by atoms with Crippen LogP contribution < -0.4 is 5.32 Å². The number of nitrogens with zero attached hydrogens (tertiary/aromatic N) is 4. The van der Waals surface area contributed by atoms with Crippen molar-refractivity contribution in [3.8, 4) is 0 Å². The first-order valence-corrected chi connectivity index (χ1v) is 9.57. The molecule has 25 heavy (non-hydrogen) atoms. The molecule has 3 heterocycles. The third kappa shape index (κ3) is 4.58. The Morgan fingerprint density at radius 2 is 2.16 bits per heavy atom. The Kier molecular flexibility index (Phi) is 6.06. The highest BCUT2D eigenvalue weighted by atomic mass is 16.5. The number of hydrogen-bond acceptors (Lipinski definition) is 5. The van der Waals surface area contributed by atoms with Gasteiger partial charge in [0.05, 0.1) is 18.7 Å². The van der Waals surface area contributed by atoms with Crippen LogP contribution in [0.4, 0.5) is 0 Å². The Labute approximate surface area is 150 Å². The van der Waals surface area contributed by atoms with Gasteiger partial charge in [-0.15, -0.1) is 0 Å². The van der Waals surface area contributed by atoms with Crippen LogP contribution in [0.3, 0.4) is 0 Å². The van der Waals surface area contributed by atoms with Crippen LogP contribution in [0, 0.1) is 13.8 Å². The summed E-state index contributed by atoms with van der Waals surface area (Å²) in [5.41, 5.74) is 0. The third-order valence-electron chi connectivity index (χ3n) is 5.42. The molecule has 1 aromatic heterocycles. The Morgan fingerprint density at radius 1 is 1.32 bits per heavy atom. The maximum absolute atomic E-state index is 12.6. The van der Waals surface area contributed by atoms with Crippen LogP contribution in [-0.2, 0) is 16.1 Å². The van der Waals surface area contributed by atoms with Crippen LogP contribution in [0.1, 0.15) is 50.7 Å². The second kappa shape index (κ2) is 8.27. The summed E-state index contributed by atoms with van der Waals surface area (Å²) in [4.78, 5) is 19.4. The highest BCUT2D eigenvalue weighted by Crippen LogP contribution is 2.21. The minimum absolute atomic E-state index is 0.105. The Hall–Kier alpha value is -1.47. The average Bonchev–Trinajstić information content (AvgIpc) is 3.22. The normalized spacial score (nSPS) is 25.9. The summed E-state index contributed by atoms with van der Waals surface area (Å²) in [5.74, 6) is 1.86. The summed E-state index contributed by atoms with van der Waals surface area (Å²) in [6, 6.07) is 0.202. The SMILES string of the molecule is Cc1nc(C)n(C[C@@H]2CCCCN2[C@H](C)C(=O)NC[C@H]2CCCO2)n1. The number of carbonyl (C=O) groups excluding carboxylic acids is 1. The van der Waals surface area contributed by atoms with Crippen LogP contribution in [0.25, 0.3) is 0 Å². The van der Waals surface area contributed by atoms with E-state index < -0.39 is 0 Å². The topological polar surface area (TPSA) is 72.3 Å². The third-order valence-corrected chi connectivity index (χ3v) is 5.42. The zero-order valence-corrected chi connectivity index (χ0v) is 15.7. The van der Waals surface area contributed by atoms with Crippen molar-refractivity contribution in [1.82, 2.24) is 25.0 Å². The molecule has 2 saturated heterocycles. The van der Waals surface area contributed by atoms with E-state index in [1.165, 1.54) is 6.42 Å². The molecule has 1 N–H and O–H groups in total. The zero-order valence-electron chi connectivity index (χ0n) is 15.7. The number of ether oxygens (including phenoxy) is 1. The molecule has 0 radical (unpaired) electrons. The first kappa shape index (κ1) is 18.3. The molecule has 0 aliphatic carbocycles. The Balaban J connectivity index is 1.58. The van der Waals surface area contributed by atoms with Crippen molar-refractivity contribution in [2.45, 2.75) is 77.6 Å². The lowest BCUT2D eigenvalue weighted by Gasteiger charge is -2.39. The average molecular weight is 349 g/mol. The first-order chi connectivity index (χ1) is 12.0. The van der Waals surface area contributed by atoms with E-state index >= 15 is 0 Å². The van der Waals surface area contributed by atoms with Gasteiger partial charge in [-0.05, 0) is 53.0 Å². The monoisotopic (exact) mass is 349 g/mol. The molecule has 7 nitrogen and oxygen atoms in total. The fourth-order valence-corrected chi connectivity index (χ4v) is 3.98. The van der Waals surface area contributed by atoms with Gasteiger partial charge in [-0.3, -0.25) is 9.69 Å². The van der Waals surface area contributed by atoms with Gasteiger partial charge in [-0.25, -0.2) is 9.67 Å². The predicted octanol–water partition coefficient (Wildman–Crippen LogP) is 1.43.